The van der Waals surface area contributed by atoms with E-state index in [-0.39, 0.29) is 72.1 Å². The first-order chi connectivity index (χ1) is 20.1. The lowest BCUT2D eigenvalue weighted by molar-refractivity contribution is -0.232. The monoisotopic (exact) mass is 638 g/mol. The molecule has 0 spiro atoms. The van der Waals surface area contributed by atoms with Crippen LogP contribution < -0.4 is 0 Å². The second-order valence-electron chi connectivity index (χ2n) is 13.5. The summed E-state index contributed by atoms with van der Waals surface area (Å²) in [5.41, 5.74) is -0.553. The number of alkyl halides is 2. The van der Waals surface area contributed by atoms with Crippen LogP contribution in [0, 0.1) is 46.3 Å². The van der Waals surface area contributed by atoms with Gasteiger partial charge in [0.1, 0.15) is 19.0 Å². The van der Waals surface area contributed by atoms with Crippen molar-refractivity contribution in [1.82, 2.24) is 0 Å². The quantitative estimate of drug-likeness (QED) is 0.0994. The third-order valence-corrected chi connectivity index (χ3v) is 12.7. The zero-order valence-corrected chi connectivity index (χ0v) is 25.7. The van der Waals surface area contributed by atoms with E-state index in [2.05, 4.69) is 18.6 Å². The highest BCUT2D eigenvalue weighted by Gasteiger charge is 2.67. The third-order valence-electron chi connectivity index (χ3n) is 11.8. The third kappa shape index (κ3) is 6.30. The smallest absolute Gasteiger partial charge is 0.402 e. The van der Waals surface area contributed by atoms with Crippen LogP contribution in [0.1, 0.15) is 78.6 Å². The molecule has 11 atom stereocenters. The van der Waals surface area contributed by atoms with Crippen molar-refractivity contribution in [1.29, 1.82) is 0 Å². The molecule has 4 aliphatic rings. The van der Waals surface area contributed by atoms with Crippen molar-refractivity contribution < 1.29 is 60.2 Å². The fraction of sp³-hybridized carbons (Fsp3) is 0.897. The molecule has 0 aliphatic heterocycles. The molecule has 2 N–H and O–H groups in total. The second-order valence-corrected chi connectivity index (χ2v) is 15.0. The minimum Gasteiger partial charge on any atom is -0.465 e. The van der Waals surface area contributed by atoms with Crippen LogP contribution in [0.3, 0.4) is 0 Å². The zero-order chi connectivity index (χ0) is 31.8. The summed E-state index contributed by atoms with van der Waals surface area (Å²) in [5.74, 6) is -0.615. The van der Waals surface area contributed by atoms with E-state index in [4.69, 9.17) is 18.8 Å². The first kappa shape index (κ1) is 34.0. The molecule has 43 heavy (non-hydrogen) atoms. The van der Waals surface area contributed by atoms with Gasteiger partial charge in [0.25, 0.3) is 12.9 Å². The predicted molar refractivity (Wildman–Crippen MR) is 146 cm³/mol. The maximum absolute atomic E-state index is 13.5. The average molecular weight is 639 g/mol. The fourth-order valence-electron chi connectivity index (χ4n) is 9.67. The number of aliphatic hydroxyl groups is 1. The molecule has 4 saturated carbocycles. The SMILES string of the molecule is C[C@H](CCC(=O)OCC(F)(F)S(=O)(=O)O)[C@H]1CC[C@H]2[C@@H]3C(OC=O)C[C@@H]4CC(OC=O)CC[C@]4(C)[C@H]3CC(OCO)[C@]12C. The maximum atomic E-state index is 13.5. The number of halogens is 2. The van der Waals surface area contributed by atoms with E-state index in [9.17, 15) is 36.7 Å². The Morgan fingerprint density at radius 3 is 2.40 bits per heavy atom. The van der Waals surface area contributed by atoms with Gasteiger partial charge in [-0.2, -0.15) is 17.2 Å². The van der Waals surface area contributed by atoms with E-state index in [0.29, 0.717) is 32.2 Å². The van der Waals surface area contributed by atoms with Gasteiger partial charge >= 0.3 is 21.3 Å². The number of ether oxygens (including phenoxy) is 4. The highest BCUT2D eigenvalue weighted by Crippen LogP contribution is 2.69. The number of aliphatic hydroxyl groups excluding tert-OH is 1. The van der Waals surface area contributed by atoms with Crippen molar-refractivity contribution in [3.05, 3.63) is 0 Å². The van der Waals surface area contributed by atoms with Crippen molar-refractivity contribution in [3.8, 4) is 0 Å². The van der Waals surface area contributed by atoms with Crippen molar-refractivity contribution >= 4 is 29.0 Å². The largest absolute Gasteiger partial charge is 0.465 e. The van der Waals surface area contributed by atoms with Crippen LogP contribution in [0.2, 0.25) is 0 Å². The number of hydrogen-bond acceptors (Lipinski definition) is 10. The molecular formula is C29H44F2O11S. The zero-order valence-electron chi connectivity index (χ0n) is 24.9. The molecule has 246 valence electrons. The molecule has 0 aromatic heterocycles. The van der Waals surface area contributed by atoms with E-state index in [0.717, 1.165) is 25.7 Å². The molecule has 0 bridgehead atoms. The summed E-state index contributed by atoms with van der Waals surface area (Å²) in [6, 6.07) is 0. The number of fused-ring (bicyclic) bond motifs is 5. The van der Waals surface area contributed by atoms with Gasteiger partial charge in [-0.3, -0.25) is 18.9 Å². The van der Waals surface area contributed by atoms with Crippen molar-refractivity contribution in [2.45, 2.75) is 102 Å². The average Bonchev–Trinajstić information content (AvgIpc) is 3.29. The lowest BCUT2D eigenvalue weighted by Crippen LogP contribution is -2.63. The molecule has 0 heterocycles. The molecule has 3 unspecified atom stereocenters. The number of hydrogen-bond donors (Lipinski definition) is 2. The van der Waals surface area contributed by atoms with E-state index in [1.54, 1.807) is 0 Å². The minimum atomic E-state index is -5.71. The molecule has 14 heteroatoms. The summed E-state index contributed by atoms with van der Waals surface area (Å²) in [5, 5.41) is 5.34. The molecule has 11 nitrogen and oxygen atoms in total. The number of esters is 1. The molecule has 4 aliphatic carbocycles. The van der Waals surface area contributed by atoms with Gasteiger partial charge in [-0.05, 0) is 86.4 Å². The van der Waals surface area contributed by atoms with Crippen LogP contribution in [0.25, 0.3) is 0 Å². The van der Waals surface area contributed by atoms with E-state index in [1.807, 2.05) is 6.92 Å². The Hall–Kier alpha value is -1.90. The number of carbonyl (C=O) groups excluding carboxylic acids is 3. The van der Waals surface area contributed by atoms with Gasteiger partial charge in [0.05, 0.1) is 6.10 Å². The highest BCUT2D eigenvalue weighted by atomic mass is 32.2. The highest BCUT2D eigenvalue weighted by molar-refractivity contribution is 7.86. The van der Waals surface area contributed by atoms with Crippen molar-refractivity contribution in [2.24, 2.45) is 46.3 Å². The Labute approximate surface area is 251 Å². The van der Waals surface area contributed by atoms with Crippen LogP contribution in [0.15, 0.2) is 0 Å². The Balaban J connectivity index is 1.53. The standard InChI is InChI=1S/C29H44F2O11S/c1-17(4-7-25(35)39-13-29(30,31)43(36,37)38)20-5-6-21-26-22(12-24(42-16-34)28(20,21)3)27(2)9-8-19(40-14-32)10-18(27)11-23(26)41-15-33/h14-15,17-24,26,34H,4-13,16H2,1-3H3,(H,36,37,38)/t17-,18+,19?,20-,21+,22+,23?,24?,26+,27+,28-/m1/s1. The molecule has 0 aromatic carbocycles. The summed E-state index contributed by atoms with van der Waals surface area (Å²) >= 11 is 0. The molecule has 4 rings (SSSR count). The van der Waals surface area contributed by atoms with Gasteiger partial charge in [0.15, 0.2) is 6.61 Å². The van der Waals surface area contributed by atoms with Gasteiger partial charge in [-0.25, -0.2) is 0 Å². The van der Waals surface area contributed by atoms with E-state index in [1.165, 1.54) is 0 Å². The van der Waals surface area contributed by atoms with Crippen molar-refractivity contribution in [3.63, 3.8) is 0 Å². The Bertz CT molecular complexity index is 1140. The van der Waals surface area contributed by atoms with E-state index >= 15 is 0 Å². The van der Waals surface area contributed by atoms with Crippen LogP contribution in [0.5, 0.6) is 0 Å². The lowest BCUT2D eigenvalue weighted by atomic mass is 9.43. The van der Waals surface area contributed by atoms with Gasteiger partial charge < -0.3 is 24.1 Å². The Kier molecular flexibility index (Phi) is 10.1. The topological polar surface area (TPSA) is 163 Å². The predicted octanol–water partition coefficient (Wildman–Crippen LogP) is 3.72. The van der Waals surface area contributed by atoms with Gasteiger partial charge in [0.2, 0.25) is 0 Å². The summed E-state index contributed by atoms with van der Waals surface area (Å²) in [6.45, 7) is 5.13. The normalized spacial score (nSPS) is 39.9. The minimum absolute atomic E-state index is 0.0289. The first-order valence-electron chi connectivity index (χ1n) is 15.0. The molecule has 4 fully saturated rings. The van der Waals surface area contributed by atoms with Crippen LogP contribution in [-0.4, -0.2) is 74.0 Å². The van der Waals surface area contributed by atoms with E-state index < -0.39 is 40.2 Å². The van der Waals surface area contributed by atoms with Gasteiger partial charge in [-0.15, -0.1) is 0 Å². The van der Waals surface area contributed by atoms with Crippen molar-refractivity contribution in [2.75, 3.05) is 13.4 Å². The molecule has 0 aromatic rings. The molecular weight excluding hydrogens is 594 g/mol. The summed E-state index contributed by atoms with van der Waals surface area (Å²) < 4.78 is 78.8. The molecule has 0 radical (unpaired) electrons. The molecule has 0 amide bonds. The summed E-state index contributed by atoms with van der Waals surface area (Å²) in [4.78, 5) is 35.0. The Morgan fingerprint density at radius 1 is 1.07 bits per heavy atom. The van der Waals surface area contributed by atoms with Gasteiger partial charge in [0, 0.05) is 17.8 Å². The lowest BCUT2D eigenvalue weighted by Gasteiger charge is -2.64. The maximum Gasteiger partial charge on any atom is 0.402 e. The second kappa shape index (κ2) is 12.8. The summed E-state index contributed by atoms with van der Waals surface area (Å²) in [7, 11) is -5.71. The fourth-order valence-corrected chi connectivity index (χ4v) is 9.88. The Morgan fingerprint density at radius 2 is 1.77 bits per heavy atom. The summed E-state index contributed by atoms with van der Waals surface area (Å²) in [6.07, 6.45) is 4.42. The van der Waals surface area contributed by atoms with Crippen LogP contribution in [0.4, 0.5) is 8.78 Å². The molecule has 0 saturated heterocycles. The number of carbonyl (C=O) groups is 3. The van der Waals surface area contributed by atoms with Crippen LogP contribution >= 0.6 is 0 Å². The number of rotatable bonds is 13. The van der Waals surface area contributed by atoms with Crippen LogP contribution in [-0.2, 0) is 43.4 Å². The van der Waals surface area contributed by atoms with Gasteiger partial charge in [-0.1, -0.05) is 20.8 Å². The first-order valence-corrected chi connectivity index (χ1v) is 16.5.